The second kappa shape index (κ2) is 6.24. The fourth-order valence-corrected chi connectivity index (χ4v) is 2.54. The highest BCUT2D eigenvalue weighted by atomic mass is 16.6. The monoisotopic (exact) mass is 276 g/mol. The van der Waals surface area contributed by atoms with Crippen LogP contribution >= 0.6 is 0 Å². The number of likely N-dealkylation sites (tertiary alicyclic amines) is 1. The number of benzene rings is 1. The molecule has 0 saturated carbocycles. The van der Waals surface area contributed by atoms with Crippen molar-refractivity contribution in [2.45, 2.75) is 25.1 Å². The topological polar surface area (TPSA) is 50.8 Å². The van der Waals surface area contributed by atoms with E-state index in [1.165, 1.54) is 0 Å². The summed E-state index contributed by atoms with van der Waals surface area (Å²) in [7, 11) is 0. The zero-order valence-electron chi connectivity index (χ0n) is 11.5. The summed E-state index contributed by atoms with van der Waals surface area (Å²) in [6, 6.07) is 10.6. The van der Waals surface area contributed by atoms with Crippen molar-refractivity contribution in [1.82, 2.24) is 10.2 Å². The fourth-order valence-electron chi connectivity index (χ4n) is 2.54. The number of ether oxygens (including phenoxy) is 2. The van der Waals surface area contributed by atoms with Gasteiger partial charge >= 0.3 is 6.09 Å². The van der Waals surface area contributed by atoms with E-state index in [2.05, 4.69) is 5.32 Å². The molecule has 3 rings (SSSR count). The highest BCUT2D eigenvalue weighted by molar-refractivity contribution is 5.68. The van der Waals surface area contributed by atoms with Crippen LogP contribution in [0.1, 0.15) is 12.0 Å². The summed E-state index contributed by atoms with van der Waals surface area (Å²) >= 11 is 0. The summed E-state index contributed by atoms with van der Waals surface area (Å²) in [4.78, 5) is 13.8. The third-order valence-electron chi connectivity index (χ3n) is 3.76. The van der Waals surface area contributed by atoms with Crippen LogP contribution in [0, 0.1) is 0 Å². The van der Waals surface area contributed by atoms with Crippen LogP contribution in [0.2, 0.25) is 0 Å². The predicted octanol–water partition coefficient (Wildman–Crippen LogP) is 1.39. The van der Waals surface area contributed by atoms with Gasteiger partial charge in [0, 0.05) is 19.1 Å². The van der Waals surface area contributed by atoms with Gasteiger partial charge in [0.25, 0.3) is 0 Å². The molecule has 2 saturated heterocycles. The minimum Gasteiger partial charge on any atom is -0.445 e. The molecule has 0 radical (unpaired) electrons. The van der Waals surface area contributed by atoms with Crippen LogP contribution in [0.25, 0.3) is 0 Å². The number of rotatable bonds is 4. The number of carbonyl (C=O) groups excluding carboxylic acids is 1. The number of nitrogens with zero attached hydrogens (tertiary/aromatic N) is 1. The molecule has 108 valence electrons. The molecule has 2 aliphatic heterocycles. The van der Waals surface area contributed by atoms with Gasteiger partial charge in [-0.3, -0.25) is 0 Å². The first-order valence-electron chi connectivity index (χ1n) is 7.10. The molecule has 1 amide bonds. The van der Waals surface area contributed by atoms with Crippen molar-refractivity contribution in [1.29, 1.82) is 0 Å². The summed E-state index contributed by atoms with van der Waals surface area (Å²) in [5.74, 6) is 0. The predicted molar refractivity (Wildman–Crippen MR) is 74.3 cm³/mol. The van der Waals surface area contributed by atoms with E-state index in [1.54, 1.807) is 4.90 Å². The van der Waals surface area contributed by atoms with Crippen LogP contribution in [0.4, 0.5) is 4.79 Å². The smallest absolute Gasteiger partial charge is 0.410 e. The average Bonchev–Trinajstić information content (AvgIpc) is 2.90. The molecular formula is C15H20N2O3. The van der Waals surface area contributed by atoms with Crippen LogP contribution in [0.3, 0.4) is 0 Å². The molecule has 0 bridgehead atoms. The summed E-state index contributed by atoms with van der Waals surface area (Å²) in [6.07, 6.45) is 0.764. The van der Waals surface area contributed by atoms with Crippen molar-refractivity contribution in [2.24, 2.45) is 0 Å². The van der Waals surface area contributed by atoms with Crippen molar-refractivity contribution in [3.05, 3.63) is 35.9 Å². The van der Waals surface area contributed by atoms with Crippen LogP contribution in [-0.2, 0) is 16.1 Å². The molecule has 1 N–H and O–H groups in total. The van der Waals surface area contributed by atoms with E-state index >= 15 is 0 Å². The lowest BCUT2D eigenvalue weighted by molar-refractivity contribution is -0.00949. The minimum absolute atomic E-state index is 0.219. The number of hydrogen-bond donors (Lipinski definition) is 1. The largest absolute Gasteiger partial charge is 0.445 e. The van der Waals surface area contributed by atoms with Crippen molar-refractivity contribution >= 4 is 6.09 Å². The standard InChI is InChI=1S/C15H20N2O3/c18-15(20-9-12-4-2-1-3-5-12)17-7-6-13(8-17)16-14-10-19-11-14/h1-5,13-14,16H,6-11H2/t13-/m1/s1. The first-order valence-corrected chi connectivity index (χ1v) is 7.10. The summed E-state index contributed by atoms with van der Waals surface area (Å²) in [5, 5.41) is 3.50. The third-order valence-corrected chi connectivity index (χ3v) is 3.76. The van der Waals surface area contributed by atoms with Gasteiger partial charge in [-0.2, -0.15) is 0 Å². The molecule has 1 aromatic carbocycles. The van der Waals surface area contributed by atoms with E-state index in [1.807, 2.05) is 30.3 Å². The van der Waals surface area contributed by atoms with Gasteiger partial charge in [-0.05, 0) is 12.0 Å². The van der Waals surface area contributed by atoms with E-state index in [0.717, 1.165) is 38.3 Å². The molecule has 2 aliphatic rings. The Balaban J connectivity index is 1.41. The molecule has 20 heavy (non-hydrogen) atoms. The minimum atomic E-state index is -0.219. The highest BCUT2D eigenvalue weighted by Crippen LogP contribution is 2.14. The molecule has 0 aliphatic carbocycles. The summed E-state index contributed by atoms with van der Waals surface area (Å²) in [6.45, 7) is 3.40. The van der Waals surface area contributed by atoms with E-state index in [0.29, 0.717) is 18.7 Å². The molecule has 5 heteroatoms. The van der Waals surface area contributed by atoms with Gasteiger partial charge in [-0.25, -0.2) is 4.79 Å². The maximum absolute atomic E-state index is 12.0. The molecule has 2 fully saturated rings. The number of amides is 1. The fraction of sp³-hybridized carbons (Fsp3) is 0.533. The second-order valence-corrected chi connectivity index (χ2v) is 5.37. The normalized spacial score (nSPS) is 22.6. The van der Waals surface area contributed by atoms with Gasteiger partial charge < -0.3 is 19.7 Å². The number of nitrogens with one attached hydrogen (secondary N) is 1. The molecule has 0 aromatic heterocycles. The van der Waals surface area contributed by atoms with E-state index in [4.69, 9.17) is 9.47 Å². The molecule has 0 unspecified atom stereocenters. The van der Waals surface area contributed by atoms with Gasteiger partial charge in [0.2, 0.25) is 0 Å². The molecular weight excluding hydrogens is 256 g/mol. The lowest BCUT2D eigenvalue weighted by atomic mass is 10.2. The Morgan fingerprint density at radius 1 is 1.30 bits per heavy atom. The Morgan fingerprint density at radius 2 is 2.10 bits per heavy atom. The van der Waals surface area contributed by atoms with Crippen LogP contribution in [0.5, 0.6) is 0 Å². The lowest BCUT2D eigenvalue weighted by Crippen LogP contribution is -2.51. The average molecular weight is 276 g/mol. The second-order valence-electron chi connectivity index (χ2n) is 5.37. The van der Waals surface area contributed by atoms with Gasteiger partial charge in [-0.15, -0.1) is 0 Å². The Morgan fingerprint density at radius 3 is 2.80 bits per heavy atom. The van der Waals surface area contributed by atoms with E-state index in [-0.39, 0.29) is 6.09 Å². The Labute approximate surface area is 118 Å². The van der Waals surface area contributed by atoms with E-state index < -0.39 is 0 Å². The molecule has 5 nitrogen and oxygen atoms in total. The van der Waals surface area contributed by atoms with Crippen molar-refractivity contribution in [3.63, 3.8) is 0 Å². The molecule has 1 atom stereocenters. The van der Waals surface area contributed by atoms with Crippen LogP contribution < -0.4 is 5.32 Å². The van der Waals surface area contributed by atoms with Crippen molar-refractivity contribution in [3.8, 4) is 0 Å². The van der Waals surface area contributed by atoms with E-state index in [9.17, 15) is 4.79 Å². The summed E-state index contributed by atoms with van der Waals surface area (Å²) < 4.78 is 10.5. The van der Waals surface area contributed by atoms with Crippen molar-refractivity contribution < 1.29 is 14.3 Å². The number of carbonyl (C=O) groups is 1. The number of hydrogen-bond acceptors (Lipinski definition) is 4. The zero-order chi connectivity index (χ0) is 13.8. The lowest BCUT2D eigenvalue weighted by Gasteiger charge is -2.29. The SMILES string of the molecule is O=C(OCc1ccccc1)N1CC[C@@H](NC2COC2)C1. The molecule has 0 spiro atoms. The zero-order valence-corrected chi connectivity index (χ0v) is 11.5. The molecule has 2 heterocycles. The maximum atomic E-state index is 12.0. The van der Waals surface area contributed by atoms with Crippen LogP contribution in [0.15, 0.2) is 30.3 Å². The van der Waals surface area contributed by atoms with Crippen LogP contribution in [-0.4, -0.2) is 49.4 Å². The first kappa shape index (κ1) is 13.4. The highest BCUT2D eigenvalue weighted by Gasteiger charge is 2.30. The van der Waals surface area contributed by atoms with Gasteiger partial charge in [0.15, 0.2) is 0 Å². The maximum Gasteiger partial charge on any atom is 0.410 e. The quantitative estimate of drug-likeness (QED) is 0.903. The summed E-state index contributed by atoms with van der Waals surface area (Å²) in [5.41, 5.74) is 1.02. The first-order chi connectivity index (χ1) is 9.81. The van der Waals surface area contributed by atoms with Gasteiger partial charge in [0.1, 0.15) is 6.61 Å². The Kier molecular flexibility index (Phi) is 4.18. The Bertz CT molecular complexity index is 448. The van der Waals surface area contributed by atoms with Gasteiger partial charge in [-0.1, -0.05) is 30.3 Å². The van der Waals surface area contributed by atoms with Crippen molar-refractivity contribution in [2.75, 3.05) is 26.3 Å². The Hall–Kier alpha value is -1.59. The molecule has 1 aromatic rings. The third kappa shape index (κ3) is 3.29. The van der Waals surface area contributed by atoms with Gasteiger partial charge in [0.05, 0.1) is 19.3 Å².